The van der Waals surface area contributed by atoms with Crippen molar-refractivity contribution in [3.05, 3.63) is 70.7 Å². The molecule has 6 nitrogen and oxygen atoms in total. The van der Waals surface area contributed by atoms with E-state index in [0.717, 1.165) is 11.8 Å². The van der Waals surface area contributed by atoms with E-state index in [1.807, 2.05) is 6.07 Å². The summed E-state index contributed by atoms with van der Waals surface area (Å²) in [5, 5.41) is 3.26. The second-order valence-electron chi connectivity index (χ2n) is 6.38. The second kappa shape index (κ2) is 9.17. The van der Waals surface area contributed by atoms with Gasteiger partial charge in [-0.2, -0.15) is 0 Å². The third-order valence-electron chi connectivity index (χ3n) is 4.60. The van der Waals surface area contributed by atoms with Gasteiger partial charge in [0.25, 0.3) is 0 Å². The van der Waals surface area contributed by atoms with Gasteiger partial charge in [0.05, 0.1) is 31.9 Å². The third-order valence-corrected chi connectivity index (χ3v) is 7.18. The number of benzene rings is 2. The Kier molecular flexibility index (Phi) is 6.35. The Hall–Kier alpha value is -2.75. The van der Waals surface area contributed by atoms with Crippen LogP contribution in [0.2, 0.25) is 5.15 Å². The molecule has 0 aliphatic heterocycles. The fraction of sp³-hybridized carbons (Fsp3) is 0.143. The lowest BCUT2D eigenvalue weighted by atomic mass is 10.2. The number of hydrogen-bond acceptors (Lipinski definition) is 6. The van der Waals surface area contributed by atoms with Gasteiger partial charge in [0.2, 0.25) is 0 Å². The van der Waals surface area contributed by atoms with Crippen LogP contribution < -0.4 is 13.8 Å². The van der Waals surface area contributed by atoms with Gasteiger partial charge in [-0.15, -0.1) is 11.3 Å². The van der Waals surface area contributed by atoms with Crippen molar-refractivity contribution >= 4 is 49.8 Å². The quantitative estimate of drug-likeness (QED) is 0.341. The number of thiazole rings is 1. The zero-order valence-electron chi connectivity index (χ0n) is 16.5. The predicted octanol–water partition coefficient (Wildman–Crippen LogP) is 5.23. The first-order valence-corrected chi connectivity index (χ1v) is 11.4. The van der Waals surface area contributed by atoms with Crippen LogP contribution in [0.4, 0.5) is 9.52 Å². The standard InChI is InChI=1S/C21H17ClFN3O3S2/c1-28-14-4-3-13(19(9-14)29-2)12-26(21-24-7-8-30-21)31(27)15-5-6-16-17(10-15)18(23)11-25-20(16)22/h3-11H,12H2,1-2H3. The Labute approximate surface area is 189 Å². The molecule has 160 valence electrons. The summed E-state index contributed by atoms with van der Waals surface area (Å²) in [5.41, 5.74) is 0.797. The van der Waals surface area contributed by atoms with Crippen molar-refractivity contribution in [3.63, 3.8) is 0 Å². The highest BCUT2D eigenvalue weighted by Crippen LogP contribution is 2.32. The van der Waals surface area contributed by atoms with Crippen LogP contribution in [0.5, 0.6) is 11.5 Å². The molecule has 0 radical (unpaired) electrons. The smallest absolute Gasteiger partial charge is 0.197 e. The maximum atomic E-state index is 14.3. The maximum Gasteiger partial charge on any atom is 0.197 e. The average molecular weight is 478 g/mol. The van der Waals surface area contributed by atoms with E-state index in [1.54, 1.807) is 54.4 Å². The van der Waals surface area contributed by atoms with Crippen LogP contribution in [0.15, 0.2) is 59.1 Å². The maximum absolute atomic E-state index is 14.3. The van der Waals surface area contributed by atoms with Crippen LogP contribution in [-0.4, -0.2) is 28.4 Å². The van der Waals surface area contributed by atoms with Crippen LogP contribution in [0.1, 0.15) is 5.56 Å². The molecular weight excluding hydrogens is 461 g/mol. The first-order chi connectivity index (χ1) is 15.0. The number of anilines is 1. The van der Waals surface area contributed by atoms with Crippen LogP contribution in [0.25, 0.3) is 10.8 Å². The summed E-state index contributed by atoms with van der Waals surface area (Å²) in [6.45, 7) is 0.255. The van der Waals surface area contributed by atoms with Crippen LogP contribution >= 0.6 is 22.9 Å². The molecule has 2 heterocycles. The first-order valence-electron chi connectivity index (χ1n) is 9.05. The highest BCUT2D eigenvalue weighted by molar-refractivity contribution is 7.86. The van der Waals surface area contributed by atoms with Crippen LogP contribution in [-0.2, 0) is 17.5 Å². The summed E-state index contributed by atoms with van der Waals surface area (Å²) in [6, 6.07) is 10.2. The van der Waals surface area contributed by atoms with Crippen molar-refractivity contribution in [3.8, 4) is 11.5 Å². The number of pyridine rings is 1. The summed E-state index contributed by atoms with van der Waals surface area (Å²) in [5.74, 6) is 0.717. The molecule has 4 rings (SSSR count). The molecule has 10 heteroatoms. The normalized spacial score (nSPS) is 12.0. The van der Waals surface area contributed by atoms with Gasteiger partial charge >= 0.3 is 0 Å². The molecule has 0 aliphatic carbocycles. The molecule has 2 aromatic carbocycles. The van der Waals surface area contributed by atoms with Gasteiger partial charge in [-0.3, -0.25) is 4.31 Å². The number of rotatable bonds is 7. The molecular formula is C21H17ClFN3O3S2. The predicted molar refractivity (Wildman–Crippen MR) is 121 cm³/mol. The molecule has 0 fully saturated rings. The van der Waals surface area contributed by atoms with Gasteiger partial charge in [-0.25, -0.2) is 18.6 Å². The van der Waals surface area contributed by atoms with E-state index in [4.69, 9.17) is 21.1 Å². The fourth-order valence-electron chi connectivity index (χ4n) is 3.06. The molecule has 4 aromatic rings. The zero-order chi connectivity index (χ0) is 22.0. The van der Waals surface area contributed by atoms with Gasteiger partial charge < -0.3 is 9.47 Å². The molecule has 0 saturated carbocycles. The number of ether oxygens (including phenoxy) is 2. The van der Waals surface area contributed by atoms with Crippen molar-refractivity contribution in [1.29, 1.82) is 0 Å². The van der Waals surface area contributed by atoms with E-state index in [0.29, 0.717) is 26.9 Å². The Morgan fingerprint density at radius 3 is 2.68 bits per heavy atom. The van der Waals surface area contributed by atoms with Crippen LogP contribution in [0.3, 0.4) is 0 Å². The topological polar surface area (TPSA) is 64.5 Å². The van der Waals surface area contributed by atoms with Gasteiger partial charge in [0, 0.05) is 34.0 Å². The Balaban J connectivity index is 1.75. The van der Waals surface area contributed by atoms with Gasteiger partial charge in [-0.1, -0.05) is 11.6 Å². The van der Waals surface area contributed by atoms with Gasteiger partial charge in [0.1, 0.15) is 22.5 Å². The van der Waals surface area contributed by atoms with E-state index in [1.165, 1.54) is 17.4 Å². The Morgan fingerprint density at radius 1 is 1.13 bits per heavy atom. The zero-order valence-corrected chi connectivity index (χ0v) is 18.9. The molecule has 31 heavy (non-hydrogen) atoms. The monoisotopic (exact) mass is 477 g/mol. The average Bonchev–Trinajstić information content (AvgIpc) is 3.34. The lowest BCUT2D eigenvalue weighted by molar-refractivity contribution is 0.391. The molecule has 0 N–H and O–H groups in total. The highest BCUT2D eigenvalue weighted by Gasteiger charge is 2.22. The van der Waals surface area contributed by atoms with Crippen molar-refractivity contribution in [2.75, 3.05) is 18.5 Å². The van der Waals surface area contributed by atoms with Crippen molar-refractivity contribution in [2.45, 2.75) is 11.4 Å². The highest BCUT2D eigenvalue weighted by atomic mass is 35.5. The third kappa shape index (κ3) is 4.34. The number of nitrogens with zero attached hydrogens (tertiary/aromatic N) is 3. The number of methoxy groups -OCH3 is 2. The molecule has 2 aromatic heterocycles. The molecule has 0 aliphatic rings. The second-order valence-corrected chi connectivity index (χ2v) is 9.02. The first kappa shape index (κ1) is 21.5. The molecule has 0 amide bonds. The Morgan fingerprint density at radius 2 is 1.97 bits per heavy atom. The van der Waals surface area contributed by atoms with Gasteiger partial charge in [0.15, 0.2) is 16.1 Å². The van der Waals surface area contributed by atoms with E-state index in [9.17, 15) is 8.60 Å². The summed E-state index contributed by atoms with van der Waals surface area (Å²) >= 11 is 7.43. The minimum atomic E-state index is -1.68. The minimum absolute atomic E-state index is 0.188. The lowest BCUT2D eigenvalue weighted by Crippen LogP contribution is -2.25. The Bertz CT molecular complexity index is 1250. The van der Waals surface area contributed by atoms with Crippen molar-refractivity contribution < 1.29 is 18.1 Å². The molecule has 0 spiro atoms. The van der Waals surface area contributed by atoms with Crippen molar-refractivity contribution in [2.24, 2.45) is 0 Å². The van der Waals surface area contributed by atoms with Crippen LogP contribution in [0, 0.1) is 5.82 Å². The summed E-state index contributed by atoms with van der Waals surface area (Å²) in [4.78, 5) is 8.55. The van der Waals surface area contributed by atoms with E-state index in [-0.39, 0.29) is 17.1 Å². The lowest BCUT2D eigenvalue weighted by Gasteiger charge is -2.22. The minimum Gasteiger partial charge on any atom is -0.497 e. The number of fused-ring (bicyclic) bond motifs is 1. The summed E-state index contributed by atoms with van der Waals surface area (Å²) < 4.78 is 40.3. The largest absolute Gasteiger partial charge is 0.497 e. The van der Waals surface area contributed by atoms with E-state index < -0.39 is 16.8 Å². The van der Waals surface area contributed by atoms with Crippen molar-refractivity contribution in [1.82, 2.24) is 9.97 Å². The van der Waals surface area contributed by atoms with Gasteiger partial charge in [-0.05, 0) is 30.3 Å². The molecule has 0 bridgehead atoms. The molecule has 1 atom stereocenters. The molecule has 1 unspecified atom stereocenters. The van der Waals surface area contributed by atoms with E-state index in [2.05, 4.69) is 9.97 Å². The molecule has 0 saturated heterocycles. The number of aromatic nitrogens is 2. The summed E-state index contributed by atoms with van der Waals surface area (Å²) in [7, 11) is 1.46. The number of halogens is 2. The van der Waals surface area contributed by atoms with E-state index >= 15 is 0 Å². The summed E-state index contributed by atoms with van der Waals surface area (Å²) in [6.07, 6.45) is 2.69. The fourth-order valence-corrected chi connectivity index (χ4v) is 5.26. The SMILES string of the molecule is COc1ccc(CN(c2nccs2)S(=O)c2ccc3c(Cl)ncc(F)c3c2)c(OC)c1. The number of hydrogen-bond donors (Lipinski definition) is 0.